The zero-order chi connectivity index (χ0) is 3.58. The van der Waals surface area contributed by atoms with Crippen LogP contribution in [0.2, 0.25) is 0 Å². The molecular weight excluding hydrogens is 189 g/mol. The molecule has 0 bridgehead atoms. The maximum atomic E-state index is 9.00. The van der Waals surface area contributed by atoms with E-state index in [0.29, 0.717) is 0 Å². The maximum absolute atomic E-state index is 9.00. The van der Waals surface area contributed by atoms with Gasteiger partial charge >= 0.3 is 0 Å². The van der Waals surface area contributed by atoms with Crippen LogP contribution < -0.4 is 0 Å². The minimum atomic E-state index is -0.833. The van der Waals surface area contributed by atoms with Crippen LogP contribution in [-0.2, 0) is 24.3 Å². The van der Waals surface area contributed by atoms with Crippen molar-refractivity contribution >= 4 is 5.97 Å². The molecule has 48 valence electrons. The Morgan fingerprint density at radius 2 is 1.43 bits per heavy atom. The van der Waals surface area contributed by atoms with Gasteiger partial charge in [-0.15, -0.1) is 0 Å². The van der Waals surface area contributed by atoms with Crippen LogP contribution in [0.4, 0.5) is 0 Å². The van der Waals surface area contributed by atoms with Crippen LogP contribution >= 0.6 is 0 Å². The van der Waals surface area contributed by atoms with Gasteiger partial charge in [-0.3, -0.25) is 4.79 Å². The molecule has 7 heavy (non-hydrogen) atoms. The van der Waals surface area contributed by atoms with E-state index in [1.54, 1.807) is 0 Å². The van der Waals surface area contributed by atoms with Gasteiger partial charge in [0.05, 0.1) is 0 Å². The molecule has 0 atom stereocenters. The fourth-order valence-corrected chi connectivity index (χ4v) is 0. The Hall–Kier alpha value is 0.0134. The average molecular weight is 197 g/mol. The second kappa shape index (κ2) is 16.6. The van der Waals surface area contributed by atoms with Crippen molar-refractivity contribution in [1.82, 2.24) is 0 Å². The first-order valence-electron chi connectivity index (χ1n) is 0.928. The Bertz CT molecular complexity index is 32.7. The summed E-state index contributed by atoms with van der Waals surface area (Å²) in [5.41, 5.74) is 0. The number of carbonyl (C=O) groups is 1. The number of carboxylic acid groups (broad SMARTS) is 1. The van der Waals surface area contributed by atoms with E-state index in [1.807, 2.05) is 0 Å². The molecule has 0 aromatic rings. The fourth-order valence-electron chi connectivity index (χ4n) is 0. The Labute approximate surface area is 53.9 Å². The molecule has 0 spiro atoms. The quantitative estimate of drug-likeness (QED) is 0.475. The summed E-state index contributed by atoms with van der Waals surface area (Å²) in [4.78, 5) is 9.00. The minimum absolute atomic E-state index is 0. The van der Waals surface area contributed by atoms with Gasteiger partial charge in [-0.1, -0.05) is 0 Å². The monoisotopic (exact) mass is 198 g/mol. The number of carboxylic acids is 1. The molecule has 0 unspecified atom stereocenters. The maximum Gasteiger partial charge on any atom is 0.300 e. The first kappa shape index (κ1) is 27.9. The largest absolute Gasteiger partial charge is 0.481 e. The molecule has 4 nitrogen and oxygen atoms in total. The second-order valence-corrected chi connectivity index (χ2v) is 0.519. The average Bonchev–Trinajstić information content (AvgIpc) is 0.811. The summed E-state index contributed by atoms with van der Waals surface area (Å²) in [5, 5.41) is 7.42. The van der Waals surface area contributed by atoms with Crippen LogP contribution in [0.25, 0.3) is 0 Å². The van der Waals surface area contributed by atoms with Crippen molar-refractivity contribution in [2.45, 2.75) is 6.92 Å². The van der Waals surface area contributed by atoms with Crippen LogP contribution in [0.5, 0.6) is 0 Å². The molecule has 5 N–H and O–H groups in total. The normalized spacial score (nSPS) is 3.57. The molecule has 0 aliphatic carbocycles. The predicted molar refractivity (Wildman–Crippen MR) is 20.5 cm³/mol. The van der Waals surface area contributed by atoms with E-state index in [9.17, 15) is 0 Å². The van der Waals surface area contributed by atoms with Crippen molar-refractivity contribution < 1.29 is 40.3 Å². The molecule has 0 fully saturated rings. The van der Waals surface area contributed by atoms with Gasteiger partial charge in [-0.25, -0.2) is 0 Å². The summed E-state index contributed by atoms with van der Waals surface area (Å²) < 4.78 is 0. The summed E-state index contributed by atoms with van der Waals surface area (Å²) >= 11 is 0. The summed E-state index contributed by atoms with van der Waals surface area (Å²) in [7, 11) is 0. The first-order chi connectivity index (χ1) is 1.73. The van der Waals surface area contributed by atoms with Crippen molar-refractivity contribution in [2.75, 3.05) is 0 Å². The fraction of sp³-hybridized carbons (Fsp3) is 0.500. The number of hydrogen-bond donors (Lipinski definition) is 1. The van der Waals surface area contributed by atoms with Crippen LogP contribution in [0.3, 0.4) is 0 Å². The molecule has 0 saturated carbocycles. The molecule has 0 amide bonds. The van der Waals surface area contributed by atoms with Crippen molar-refractivity contribution in [3.05, 3.63) is 0 Å². The van der Waals surface area contributed by atoms with Crippen LogP contribution in [0.15, 0.2) is 0 Å². The Balaban J connectivity index is -0.0000000150. The Morgan fingerprint density at radius 1 is 1.43 bits per heavy atom. The SMILES string of the molecule is CC(=O)O.O.O.[Ru]. The zero-order valence-corrected chi connectivity index (χ0v) is 5.45. The zero-order valence-electron chi connectivity index (χ0n) is 3.71. The standard InChI is InChI=1S/C2H4O2.2H2O.Ru/c1-2(3)4;;;/h1H3,(H,3,4);2*1H2;. The van der Waals surface area contributed by atoms with E-state index in [0.717, 1.165) is 6.92 Å². The molecule has 0 radical (unpaired) electrons. The van der Waals surface area contributed by atoms with Crippen molar-refractivity contribution in [2.24, 2.45) is 0 Å². The topological polar surface area (TPSA) is 100 Å². The van der Waals surface area contributed by atoms with Gasteiger partial charge in [0.25, 0.3) is 5.97 Å². The van der Waals surface area contributed by atoms with E-state index in [-0.39, 0.29) is 30.4 Å². The van der Waals surface area contributed by atoms with Crippen molar-refractivity contribution in [1.29, 1.82) is 0 Å². The van der Waals surface area contributed by atoms with Gasteiger partial charge in [-0.05, 0) is 0 Å². The van der Waals surface area contributed by atoms with Gasteiger partial charge in [0.2, 0.25) is 0 Å². The first-order valence-corrected chi connectivity index (χ1v) is 0.928. The molecule has 0 aromatic heterocycles. The summed E-state index contributed by atoms with van der Waals surface area (Å²) in [6.45, 7) is 1.08. The molecule has 0 heterocycles. The van der Waals surface area contributed by atoms with Gasteiger partial charge < -0.3 is 16.1 Å². The van der Waals surface area contributed by atoms with Crippen LogP contribution in [0.1, 0.15) is 6.92 Å². The van der Waals surface area contributed by atoms with E-state index >= 15 is 0 Å². The van der Waals surface area contributed by atoms with Gasteiger partial charge in [-0.2, -0.15) is 0 Å². The third kappa shape index (κ3) is 541000. The number of hydrogen-bond acceptors (Lipinski definition) is 1. The van der Waals surface area contributed by atoms with E-state index < -0.39 is 5.97 Å². The molecule has 0 aromatic carbocycles. The van der Waals surface area contributed by atoms with Crippen molar-refractivity contribution in [3.8, 4) is 0 Å². The minimum Gasteiger partial charge on any atom is -0.481 e. The van der Waals surface area contributed by atoms with E-state index in [2.05, 4.69) is 0 Å². The van der Waals surface area contributed by atoms with Gasteiger partial charge in [0.15, 0.2) is 0 Å². The van der Waals surface area contributed by atoms with E-state index in [1.165, 1.54) is 0 Å². The van der Waals surface area contributed by atoms with Gasteiger partial charge in [0, 0.05) is 26.4 Å². The number of aliphatic carboxylic acids is 1. The molecule has 0 rings (SSSR count). The summed E-state index contributed by atoms with van der Waals surface area (Å²) in [6, 6.07) is 0. The molecule has 0 aliphatic heterocycles. The summed E-state index contributed by atoms with van der Waals surface area (Å²) in [6.07, 6.45) is 0. The molecule has 5 heteroatoms. The summed E-state index contributed by atoms with van der Waals surface area (Å²) in [5.74, 6) is -0.833. The Morgan fingerprint density at radius 3 is 1.43 bits per heavy atom. The second-order valence-electron chi connectivity index (χ2n) is 0.519. The predicted octanol–water partition coefficient (Wildman–Crippen LogP) is -1.56. The van der Waals surface area contributed by atoms with E-state index in [4.69, 9.17) is 9.90 Å². The van der Waals surface area contributed by atoms with Crippen LogP contribution in [0, 0.1) is 0 Å². The number of rotatable bonds is 0. The third-order valence-corrected chi connectivity index (χ3v) is 0. The van der Waals surface area contributed by atoms with Gasteiger partial charge in [0.1, 0.15) is 0 Å². The smallest absolute Gasteiger partial charge is 0.300 e. The molecule has 0 saturated heterocycles. The van der Waals surface area contributed by atoms with Crippen molar-refractivity contribution in [3.63, 3.8) is 0 Å². The van der Waals surface area contributed by atoms with Crippen LogP contribution in [-0.4, -0.2) is 22.0 Å². The molecular formula is C2H8O4Ru. The molecule has 0 aliphatic rings. The third-order valence-electron chi connectivity index (χ3n) is 0. The Kier molecular flexibility index (Phi) is 66.4.